The molecule has 1 fully saturated rings. The van der Waals surface area contributed by atoms with Crippen LogP contribution in [0.1, 0.15) is 47.0 Å². The molecule has 1 rings (SSSR count). The molecule has 1 atom stereocenters. The zero-order chi connectivity index (χ0) is 16.3. The fraction of sp³-hybridized carbons (Fsp3) is 0.786. The third-order valence-electron chi connectivity index (χ3n) is 3.68. The highest BCUT2D eigenvalue weighted by atomic mass is 16.4. The summed E-state index contributed by atoms with van der Waals surface area (Å²) in [5, 5.41) is 14.3. The second-order valence-corrected chi connectivity index (χ2v) is 6.47. The smallest absolute Gasteiger partial charge is 0.324 e. The van der Waals surface area contributed by atoms with E-state index in [1.807, 2.05) is 20.8 Å². The second-order valence-electron chi connectivity index (χ2n) is 6.47. The number of aliphatic carboxylic acids is 1. The Bertz CT molecular complexity index is 430. The van der Waals surface area contributed by atoms with Crippen LogP contribution in [0, 0.1) is 0 Å². The number of hydrogen-bond donors (Lipinski definition) is 3. The Kier molecular flexibility index (Phi) is 5.33. The summed E-state index contributed by atoms with van der Waals surface area (Å²) in [5.74, 6) is -1.40. The van der Waals surface area contributed by atoms with Gasteiger partial charge in [0, 0.05) is 5.54 Å². The summed E-state index contributed by atoms with van der Waals surface area (Å²) >= 11 is 0. The van der Waals surface area contributed by atoms with E-state index >= 15 is 0 Å². The van der Waals surface area contributed by atoms with Gasteiger partial charge in [0.05, 0.1) is 6.54 Å². The van der Waals surface area contributed by atoms with Gasteiger partial charge in [-0.15, -0.1) is 0 Å². The van der Waals surface area contributed by atoms with Gasteiger partial charge in [-0.05, 0) is 46.6 Å². The number of nitrogens with zero attached hydrogens (tertiary/aromatic N) is 1. The van der Waals surface area contributed by atoms with Crippen LogP contribution in [0.3, 0.4) is 0 Å². The fourth-order valence-corrected chi connectivity index (χ4v) is 2.67. The molecular weight excluding hydrogens is 274 g/mol. The van der Waals surface area contributed by atoms with E-state index in [1.54, 1.807) is 11.8 Å². The first-order valence-electron chi connectivity index (χ1n) is 7.21. The largest absolute Gasteiger partial charge is 0.480 e. The van der Waals surface area contributed by atoms with Crippen molar-refractivity contribution >= 4 is 17.9 Å². The lowest BCUT2D eigenvalue weighted by Gasteiger charge is -2.33. The Morgan fingerprint density at radius 3 is 2.38 bits per heavy atom. The van der Waals surface area contributed by atoms with E-state index < -0.39 is 29.0 Å². The SMILES string of the molecule is CCC1(C(=O)O)CCCN1CC(=O)NC(=O)NC(C)(C)C. The topological polar surface area (TPSA) is 98.7 Å². The van der Waals surface area contributed by atoms with E-state index in [-0.39, 0.29) is 6.54 Å². The van der Waals surface area contributed by atoms with E-state index in [0.717, 1.165) is 6.42 Å². The monoisotopic (exact) mass is 299 g/mol. The summed E-state index contributed by atoms with van der Waals surface area (Å²) in [6, 6.07) is -0.566. The van der Waals surface area contributed by atoms with Crippen molar-refractivity contribution in [3.8, 4) is 0 Å². The van der Waals surface area contributed by atoms with Crippen molar-refractivity contribution in [3.63, 3.8) is 0 Å². The summed E-state index contributed by atoms with van der Waals surface area (Å²) in [7, 11) is 0. The number of carbonyl (C=O) groups is 3. The van der Waals surface area contributed by atoms with Gasteiger partial charge >= 0.3 is 12.0 Å². The first kappa shape index (κ1) is 17.4. The van der Waals surface area contributed by atoms with Gasteiger partial charge in [0.2, 0.25) is 5.91 Å². The van der Waals surface area contributed by atoms with Crippen LogP contribution in [0.2, 0.25) is 0 Å². The molecule has 1 saturated heterocycles. The minimum absolute atomic E-state index is 0.0856. The maximum atomic E-state index is 11.9. The average molecular weight is 299 g/mol. The molecule has 0 bridgehead atoms. The highest BCUT2D eigenvalue weighted by Gasteiger charge is 2.46. The van der Waals surface area contributed by atoms with Crippen LogP contribution < -0.4 is 10.6 Å². The normalized spacial score (nSPS) is 22.9. The third kappa shape index (κ3) is 4.42. The number of imide groups is 1. The van der Waals surface area contributed by atoms with E-state index in [2.05, 4.69) is 10.6 Å². The molecule has 3 N–H and O–H groups in total. The number of carboxylic acid groups (broad SMARTS) is 1. The van der Waals surface area contributed by atoms with Gasteiger partial charge in [-0.2, -0.15) is 0 Å². The third-order valence-corrected chi connectivity index (χ3v) is 3.68. The maximum Gasteiger partial charge on any atom is 0.324 e. The Labute approximate surface area is 125 Å². The molecular formula is C14H25N3O4. The fourth-order valence-electron chi connectivity index (χ4n) is 2.67. The predicted molar refractivity (Wildman–Crippen MR) is 77.9 cm³/mol. The Morgan fingerprint density at radius 2 is 1.90 bits per heavy atom. The van der Waals surface area contributed by atoms with Gasteiger partial charge in [0.1, 0.15) is 5.54 Å². The highest BCUT2D eigenvalue weighted by Crippen LogP contribution is 2.32. The Hall–Kier alpha value is -1.63. The second kappa shape index (κ2) is 6.43. The van der Waals surface area contributed by atoms with Gasteiger partial charge in [0.15, 0.2) is 0 Å². The molecule has 0 aromatic heterocycles. The van der Waals surface area contributed by atoms with Crippen LogP contribution in [0.25, 0.3) is 0 Å². The standard InChI is InChI=1S/C14H25N3O4/c1-5-14(11(19)20)7-6-8-17(14)9-10(18)15-12(21)16-13(2,3)4/h5-9H2,1-4H3,(H,19,20)(H2,15,16,18,21). The number of amides is 3. The van der Waals surface area contributed by atoms with Crippen molar-refractivity contribution in [1.29, 1.82) is 0 Å². The van der Waals surface area contributed by atoms with Crippen molar-refractivity contribution in [3.05, 3.63) is 0 Å². The summed E-state index contributed by atoms with van der Waals surface area (Å²) in [4.78, 5) is 36.7. The van der Waals surface area contributed by atoms with E-state index in [1.165, 1.54) is 0 Å². The number of carbonyl (C=O) groups excluding carboxylic acids is 2. The Morgan fingerprint density at radius 1 is 1.29 bits per heavy atom. The van der Waals surface area contributed by atoms with Crippen molar-refractivity contribution in [2.24, 2.45) is 0 Å². The number of likely N-dealkylation sites (tertiary alicyclic amines) is 1. The van der Waals surface area contributed by atoms with Crippen molar-refractivity contribution < 1.29 is 19.5 Å². The molecule has 3 amide bonds. The minimum atomic E-state index is -0.988. The first-order chi connectivity index (χ1) is 9.60. The van der Waals surface area contributed by atoms with Crippen LogP contribution in [-0.4, -0.2) is 52.1 Å². The Balaban J connectivity index is 2.62. The summed E-state index contributed by atoms with van der Waals surface area (Å²) < 4.78 is 0. The molecule has 0 aromatic rings. The lowest BCUT2D eigenvalue weighted by molar-refractivity contribution is -0.150. The molecule has 0 saturated carbocycles. The summed E-state index contributed by atoms with van der Waals surface area (Å²) in [6.07, 6.45) is 1.70. The van der Waals surface area contributed by atoms with Crippen LogP contribution in [-0.2, 0) is 9.59 Å². The van der Waals surface area contributed by atoms with Crippen molar-refractivity contribution in [2.45, 2.75) is 58.0 Å². The molecule has 120 valence electrons. The number of hydrogen-bond acceptors (Lipinski definition) is 4. The zero-order valence-electron chi connectivity index (χ0n) is 13.2. The van der Waals surface area contributed by atoms with Crippen LogP contribution in [0.4, 0.5) is 4.79 Å². The highest BCUT2D eigenvalue weighted by molar-refractivity contribution is 5.95. The lowest BCUT2D eigenvalue weighted by Crippen LogP contribution is -2.55. The predicted octanol–water partition coefficient (Wildman–Crippen LogP) is 0.940. The van der Waals surface area contributed by atoms with Crippen LogP contribution in [0.15, 0.2) is 0 Å². The van der Waals surface area contributed by atoms with Crippen molar-refractivity contribution in [1.82, 2.24) is 15.5 Å². The van der Waals surface area contributed by atoms with Gasteiger partial charge in [0.25, 0.3) is 0 Å². The molecule has 21 heavy (non-hydrogen) atoms. The number of urea groups is 1. The van der Waals surface area contributed by atoms with Crippen LogP contribution in [0.5, 0.6) is 0 Å². The van der Waals surface area contributed by atoms with E-state index in [9.17, 15) is 19.5 Å². The molecule has 1 unspecified atom stereocenters. The molecule has 0 aliphatic carbocycles. The molecule has 7 heteroatoms. The van der Waals surface area contributed by atoms with E-state index in [0.29, 0.717) is 19.4 Å². The van der Waals surface area contributed by atoms with Crippen molar-refractivity contribution in [2.75, 3.05) is 13.1 Å². The number of carboxylic acids is 1. The van der Waals surface area contributed by atoms with Gasteiger partial charge in [-0.25, -0.2) is 4.79 Å². The zero-order valence-corrected chi connectivity index (χ0v) is 13.2. The molecule has 1 aliphatic heterocycles. The van der Waals surface area contributed by atoms with Gasteiger partial charge in [-0.1, -0.05) is 6.92 Å². The quantitative estimate of drug-likeness (QED) is 0.717. The minimum Gasteiger partial charge on any atom is -0.480 e. The van der Waals surface area contributed by atoms with E-state index in [4.69, 9.17) is 0 Å². The first-order valence-corrected chi connectivity index (χ1v) is 7.21. The van der Waals surface area contributed by atoms with Gasteiger partial charge < -0.3 is 10.4 Å². The summed E-state index contributed by atoms with van der Waals surface area (Å²) in [6.45, 7) is 7.70. The maximum absolute atomic E-state index is 11.9. The lowest BCUT2D eigenvalue weighted by atomic mass is 9.93. The molecule has 7 nitrogen and oxygen atoms in total. The number of nitrogens with one attached hydrogen (secondary N) is 2. The van der Waals surface area contributed by atoms with Crippen LogP contribution >= 0.6 is 0 Å². The number of rotatable bonds is 4. The van der Waals surface area contributed by atoms with Gasteiger partial charge in [-0.3, -0.25) is 19.8 Å². The molecule has 0 radical (unpaired) electrons. The molecule has 1 aliphatic rings. The molecule has 0 aromatic carbocycles. The molecule has 0 spiro atoms. The average Bonchev–Trinajstić information content (AvgIpc) is 2.69. The summed E-state index contributed by atoms with van der Waals surface area (Å²) in [5.41, 5.74) is -1.43. The molecule has 1 heterocycles.